The minimum absolute atomic E-state index is 0.180. The molecule has 1 saturated carbocycles. The number of hydrogen-bond acceptors (Lipinski definition) is 4. The van der Waals surface area contributed by atoms with Gasteiger partial charge in [-0.05, 0) is 66.6 Å². The van der Waals surface area contributed by atoms with Gasteiger partial charge in [0.25, 0.3) is 5.60 Å². The molecule has 0 spiro atoms. The Morgan fingerprint density at radius 1 is 1.30 bits per heavy atom. The SMILES string of the molecule is CCOC(=O)C1(Oc2ccc(I)cc2)CCCCC1=O. The third kappa shape index (κ3) is 3.13. The number of esters is 1. The van der Waals surface area contributed by atoms with Crippen molar-refractivity contribution in [1.29, 1.82) is 0 Å². The molecule has 1 fully saturated rings. The number of carbonyl (C=O) groups excluding carboxylic acids is 2. The summed E-state index contributed by atoms with van der Waals surface area (Å²) < 4.78 is 11.9. The maximum Gasteiger partial charge on any atom is 0.358 e. The average Bonchev–Trinajstić information content (AvgIpc) is 2.44. The van der Waals surface area contributed by atoms with Crippen molar-refractivity contribution in [1.82, 2.24) is 0 Å². The molecule has 2 rings (SSSR count). The van der Waals surface area contributed by atoms with Crippen LogP contribution in [0.5, 0.6) is 5.75 Å². The molecule has 1 aliphatic carbocycles. The molecule has 0 aromatic heterocycles. The number of ketones is 1. The summed E-state index contributed by atoms with van der Waals surface area (Å²) in [6, 6.07) is 7.29. The van der Waals surface area contributed by atoms with Crippen molar-refractivity contribution < 1.29 is 19.1 Å². The highest BCUT2D eigenvalue weighted by Gasteiger charge is 2.50. The smallest absolute Gasteiger partial charge is 0.358 e. The number of hydrogen-bond donors (Lipinski definition) is 0. The van der Waals surface area contributed by atoms with Gasteiger partial charge in [-0.25, -0.2) is 4.79 Å². The van der Waals surface area contributed by atoms with E-state index in [0.717, 1.165) is 16.4 Å². The van der Waals surface area contributed by atoms with Gasteiger partial charge in [0, 0.05) is 16.4 Å². The Balaban J connectivity index is 2.28. The number of ether oxygens (including phenoxy) is 2. The topological polar surface area (TPSA) is 52.6 Å². The first kappa shape index (κ1) is 15.3. The van der Waals surface area contributed by atoms with Crippen molar-refractivity contribution >= 4 is 34.3 Å². The molecule has 108 valence electrons. The standard InChI is InChI=1S/C15H17IO4/c1-2-19-14(18)15(10-4-3-5-13(15)17)20-12-8-6-11(16)7-9-12/h6-9H,2-5,10H2,1H3. The molecule has 0 radical (unpaired) electrons. The Bertz CT molecular complexity index is 497. The van der Waals surface area contributed by atoms with E-state index in [1.807, 2.05) is 12.1 Å². The molecule has 1 atom stereocenters. The van der Waals surface area contributed by atoms with Crippen LogP contribution < -0.4 is 4.74 Å². The fourth-order valence-corrected chi connectivity index (χ4v) is 2.68. The summed E-state index contributed by atoms with van der Waals surface area (Å²) in [7, 11) is 0. The molecule has 5 heteroatoms. The van der Waals surface area contributed by atoms with E-state index in [1.165, 1.54) is 0 Å². The molecule has 0 aliphatic heterocycles. The van der Waals surface area contributed by atoms with Gasteiger partial charge in [-0.15, -0.1) is 0 Å². The van der Waals surface area contributed by atoms with Crippen LogP contribution in [0.3, 0.4) is 0 Å². The molecule has 0 heterocycles. The van der Waals surface area contributed by atoms with Crippen molar-refractivity contribution in [3.63, 3.8) is 0 Å². The summed E-state index contributed by atoms with van der Waals surface area (Å²) in [6.07, 6.45) is 2.34. The van der Waals surface area contributed by atoms with Crippen LogP contribution in [0.15, 0.2) is 24.3 Å². The highest BCUT2D eigenvalue weighted by Crippen LogP contribution is 2.32. The van der Waals surface area contributed by atoms with E-state index >= 15 is 0 Å². The molecule has 1 unspecified atom stereocenters. The fraction of sp³-hybridized carbons (Fsp3) is 0.467. The summed E-state index contributed by atoms with van der Waals surface area (Å²) in [5, 5.41) is 0. The third-order valence-electron chi connectivity index (χ3n) is 3.34. The second-order valence-electron chi connectivity index (χ2n) is 4.73. The lowest BCUT2D eigenvalue weighted by molar-refractivity contribution is -0.169. The van der Waals surface area contributed by atoms with Crippen LogP contribution in [0, 0.1) is 3.57 Å². The van der Waals surface area contributed by atoms with Crippen LogP contribution in [-0.4, -0.2) is 24.0 Å². The minimum atomic E-state index is -1.46. The molecule has 1 aromatic rings. The summed E-state index contributed by atoms with van der Waals surface area (Å²) in [6.45, 7) is 1.97. The van der Waals surface area contributed by atoms with Crippen LogP contribution in [0.25, 0.3) is 0 Å². The Morgan fingerprint density at radius 2 is 2.00 bits per heavy atom. The molecular weight excluding hydrogens is 371 g/mol. The Kier molecular flexibility index (Phi) is 5.01. The van der Waals surface area contributed by atoms with Crippen molar-refractivity contribution in [3.8, 4) is 5.75 Å². The summed E-state index contributed by atoms with van der Waals surface area (Å²) >= 11 is 2.19. The van der Waals surface area contributed by atoms with Crippen molar-refractivity contribution in [2.75, 3.05) is 6.61 Å². The molecule has 0 bridgehead atoms. The van der Waals surface area contributed by atoms with E-state index in [1.54, 1.807) is 19.1 Å². The number of Topliss-reactive ketones (excluding diaryl/α,β-unsaturated/α-hetero) is 1. The fourth-order valence-electron chi connectivity index (χ4n) is 2.32. The monoisotopic (exact) mass is 388 g/mol. The lowest BCUT2D eigenvalue weighted by Crippen LogP contribution is -2.54. The zero-order valence-corrected chi connectivity index (χ0v) is 13.5. The normalized spacial score (nSPS) is 22.4. The van der Waals surface area contributed by atoms with E-state index in [-0.39, 0.29) is 12.4 Å². The van der Waals surface area contributed by atoms with Crippen LogP contribution in [-0.2, 0) is 14.3 Å². The number of halogens is 1. The number of benzene rings is 1. The largest absolute Gasteiger partial charge is 0.468 e. The van der Waals surface area contributed by atoms with Gasteiger partial charge in [0.1, 0.15) is 5.75 Å². The second kappa shape index (κ2) is 6.56. The molecule has 4 nitrogen and oxygen atoms in total. The highest BCUT2D eigenvalue weighted by molar-refractivity contribution is 14.1. The van der Waals surface area contributed by atoms with Gasteiger partial charge in [-0.2, -0.15) is 0 Å². The predicted octanol–water partition coefficient (Wildman–Crippen LogP) is 3.12. The van der Waals surface area contributed by atoms with E-state index in [2.05, 4.69) is 22.6 Å². The van der Waals surface area contributed by atoms with Crippen molar-refractivity contribution in [2.45, 2.75) is 38.2 Å². The van der Waals surface area contributed by atoms with Gasteiger partial charge in [0.2, 0.25) is 0 Å². The number of rotatable bonds is 4. The Morgan fingerprint density at radius 3 is 2.60 bits per heavy atom. The lowest BCUT2D eigenvalue weighted by atomic mass is 9.83. The first-order chi connectivity index (χ1) is 9.58. The molecule has 0 N–H and O–H groups in total. The molecule has 20 heavy (non-hydrogen) atoms. The highest BCUT2D eigenvalue weighted by atomic mass is 127. The summed E-state index contributed by atoms with van der Waals surface area (Å²) in [5.74, 6) is -0.224. The minimum Gasteiger partial charge on any atom is -0.468 e. The van der Waals surface area contributed by atoms with Crippen LogP contribution in [0.1, 0.15) is 32.6 Å². The van der Waals surface area contributed by atoms with Gasteiger partial charge < -0.3 is 9.47 Å². The van der Waals surface area contributed by atoms with Crippen molar-refractivity contribution in [2.24, 2.45) is 0 Å². The Labute approximate surface area is 132 Å². The maximum atomic E-state index is 12.3. The van der Waals surface area contributed by atoms with Crippen LogP contribution >= 0.6 is 22.6 Å². The van der Waals surface area contributed by atoms with Gasteiger partial charge in [0.05, 0.1) is 6.61 Å². The molecule has 0 amide bonds. The van der Waals surface area contributed by atoms with E-state index < -0.39 is 11.6 Å². The molecule has 1 aliphatic rings. The van der Waals surface area contributed by atoms with Crippen LogP contribution in [0.4, 0.5) is 0 Å². The third-order valence-corrected chi connectivity index (χ3v) is 4.06. The van der Waals surface area contributed by atoms with Crippen LogP contribution in [0.2, 0.25) is 0 Å². The quantitative estimate of drug-likeness (QED) is 0.452. The zero-order chi connectivity index (χ0) is 14.6. The van der Waals surface area contributed by atoms with Gasteiger partial charge in [0.15, 0.2) is 5.78 Å². The van der Waals surface area contributed by atoms with E-state index in [4.69, 9.17) is 9.47 Å². The van der Waals surface area contributed by atoms with E-state index in [9.17, 15) is 9.59 Å². The number of carbonyl (C=O) groups is 2. The molecular formula is C15H17IO4. The molecule has 0 saturated heterocycles. The first-order valence-electron chi connectivity index (χ1n) is 6.73. The zero-order valence-electron chi connectivity index (χ0n) is 11.4. The average molecular weight is 388 g/mol. The maximum absolute atomic E-state index is 12.3. The second-order valence-corrected chi connectivity index (χ2v) is 5.98. The predicted molar refractivity (Wildman–Crippen MR) is 82.6 cm³/mol. The Hall–Kier alpha value is -1.11. The lowest BCUT2D eigenvalue weighted by Gasteiger charge is -2.33. The summed E-state index contributed by atoms with van der Waals surface area (Å²) in [4.78, 5) is 24.5. The van der Waals surface area contributed by atoms with Gasteiger partial charge >= 0.3 is 5.97 Å². The first-order valence-corrected chi connectivity index (χ1v) is 7.81. The van der Waals surface area contributed by atoms with Gasteiger partial charge in [-0.1, -0.05) is 0 Å². The van der Waals surface area contributed by atoms with Crippen molar-refractivity contribution in [3.05, 3.63) is 27.8 Å². The molecule has 1 aromatic carbocycles. The summed E-state index contributed by atoms with van der Waals surface area (Å²) in [5.41, 5.74) is -1.46. The van der Waals surface area contributed by atoms with E-state index in [0.29, 0.717) is 18.6 Å². The van der Waals surface area contributed by atoms with Gasteiger partial charge in [-0.3, -0.25) is 4.79 Å².